The fourth-order valence-electron chi connectivity index (χ4n) is 2.57. The summed E-state index contributed by atoms with van der Waals surface area (Å²) in [6.45, 7) is 0.364. The number of furan rings is 1. The number of hydrogen-bond donors (Lipinski definition) is 2. The second-order valence-corrected chi connectivity index (χ2v) is 7.52. The third-order valence-corrected chi connectivity index (χ3v) is 5.27. The molecule has 3 rings (SSSR count). The molecule has 9 nitrogen and oxygen atoms in total. The number of benzene rings is 1. The predicted molar refractivity (Wildman–Crippen MR) is 111 cm³/mol. The molecule has 0 bridgehead atoms. The first-order valence-corrected chi connectivity index (χ1v) is 10.2. The first kappa shape index (κ1) is 21.4. The summed E-state index contributed by atoms with van der Waals surface area (Å²) in [5.41, 5.74) is 6.06. The topological polar surface area (TPSA) is 140 Å². The van der Waals surface area contributed by atoms with Gasteiger partial charge in [0.05, 0.1) is 29.1 Å². The van der Waals surface area contributed by atoms with Gasteiger partial charge in [-0.1, -0.05) is 23.4 Å². The van der Waals surface area contributed by atoms with Crippen LogP contribution in [0.1, 0.15) is 23.6 Å². The summed E-state index contributed by atoms with van der Waals surface area (Å²) in [5.74, 6) is 0.633. The van der Waals surface area contributed by atoms with E-state index in [2.05, 4.69) is 15.5 Å². The van der Waals surface area contributed by atoms with E-state index in [1.54, 1.807) is 23.0 Å². The van der Waals surface area contributed by atoms with Gasteiger partial charge in [-0.25, -0.2) is 0 Å². The minimum atomic E-state index is -0.433. The normalized spacial score (nSPS) is 10.5. The Bertz CT molecular complexity index is 1090. The van der Waals surface area contributed by atoms with Gasteiger partial charge in [-0.3, -0.25) is 14.2 Å². The number of nitrogens with two attached hydrogens (primary N) is 1. The van der Waals surface area contributed by atoms with Crippen LogP contribution in [0.3, 0.4) is 0 Å². The molecule has 0 saturated heterocycles. The van der Waals surface area contributed by atoms with Crippen molar-refractivity contribution in [1.29, 1.82) is 5.26 Å². The van der Waals surface area contributed by atoms with Crippen LogP contribution in [0.25, 0.3) is 0 Å². The fraction of sp³-hybridized carbons (Fsp3) is 0.211. The molecule has 0 fully saturated rings. The van der Waals surface area contributed by atoms with Gasteiger partial charge in [0, 0.05) is 18.5 Å². The molecule has 0 aliphatic rings. The summed E-state index contributed by atoms with van der Waals surface area (Å²) in [4.78, 5) is 23.4. The molecule has 3 aromatic rings. The Labute approximate surface area is 181 Å². The van der Waals surface area contributed by atoms with Crippen LogP contribution in [0.2, 0.25) is 5.02 Å². The number of halogens is 1. The molecular formula is C19H17ClN6O3S. The Morgan fingerprint density at radius 3 is 2.83 bits per heavy atom. The Morgan fingerprint density at radius 1 is 1.33 bits per heavy atom. The minimum Gasteiger partial charge on any atom is -0.467 e. The largest absolute Gasteiger partial charge is 0.467 e. The number of aryl methyl sites for hydroxylation is 1. The molecule has 2 aromatic heterocycles. The van der Waals surface area contributed by atoms with Crippen molar-refractivity contribution in [3.63, 3.8) is 0 Å². The number of anilines is 1. The first-order valence-electron chi connectivity index (χ1n) is 8.81. The maximum absolute atomic E-state index is 12.3. The van der Waals surface area contributed by atoms with E-state index in [1.165, 1.54) is 23.9 Å². The molecule has 0 radical (unpaired) electrons. The average molecular weight is 445 g/mol. The summed E-state index contributed by atoms with van der Waals surface area (Å²) in [5, 5.41) is 20.7. The van der Waals surface area contributed by atoms with Crippen LogP contribution in [0, 0.1) is 11.3 Å². The summed E-state index contributed by atoms with van der Waals surface area (Å²) in [7, 11) is 0. The van der Waals surface area contributed by atoms with Crippen molar-refractivity contribution < 1.29 is 14.0 Å². The van der Waals surface area contributed by atoms with Gasteiger partial charge < -0.3 is 15.5 Å². The van der Waals surface area contributed by atoms with E-state index in [0.29, 0.717) is 41.0 Å². The molecule has 0 spiro atoms. The molecule has 2 heterocycles. The van der Waals surface area contributed by atoms with Crippen LogP contribution in [-0.4, -0.2) is 32.3 Å². The smallest absolute Gasteiger partial charge is 0.234 e. The monoisotopic (exact) mass is 444 g/mol. The zero-order valence-corrected chi connectivity index (χ0v) is 17.2. The van der Waals surface area contributed by atoms with Crippen molar-refractivity contribution in [3.8, 4) is 6.07 Å². The number of nitrogens with zero attached hydrogens (tertiary/aromatic N) is 4. The van der Waals surface area contributed by atoms with E-state index in [9.17, 15) is 9.59 Å². The number of primary amides is 1. The Kier molecular flexibility index (Phi) is 7.11. The van der Waals surface area contributed by atoms with Crippen LogP contribution in [-0.2, 0) is 22.6 Å². The number of carbonyl (C=O) groups is 2. The second-order valence-electron chi connectivity index (χ2n) is 6.17. The number of nitriles is 1. The van der Waals surface area contributed by atoms with Crippen LogP contribution in [0.5, 0.6) is 0 Å². The van der Waals surface area contributed by atoms with E-state index in [0.717, 1.165) is 0 Å². The number of nitrogens with one attached hydrogen (secondary N) is 1. The van der Waals surface area contributed by atoms with E-state index in [1.807, 2.05) is 12.1 Å². The molecule has 2 amide bonds. The highest BCUT2D eigenvalue weighted by atomic mass is 35.5. The minimum absolute atomic E-state index is 0.0731. The molecule has 30 heavy (non-hydrogen) atoms. The van der Waals surface area contributed by atoms with Gasteiger partial charge in [0.15, 0.2) is 5.16 Å². The summed E-state index contributed by atoms with van der Waals surface area (Å²) >= 11 is 7.18. The lowest BCUT2D eigenvalue weighted by atomic mass is 10.2. The first-order chi connectivity index (χ1) is 14.5. The van der Waals surface area contributed by atoms with Gasteiger partial charge in [0.1, 0.15) is 17.7 Å². The third kappa shape index (κ3) is 5.62. The molecule has 11 heteroatoms. The van der Waals surface area contributed by atoms with Gasteiger partial charge in [0.25, 0.3) is 0 Å². The van der Waals surface area contributed by atoms with E-state index >= 15 is 0 Å². The van der Waals surface area contributed by atoms with Crippen molar-refractivity contribution in [3.05, 3.63) is 58.8 Å². The molecule has 0 saturated carbocycles. The number of thioether (sulfide) groups is 1. The maximum atomic E-state index is 12.3. The van der Waals surface area contributed by atoms with Crippen molar-refractivity contribution >= 4 is 40.9 Å². The standard InChI is InChI=1S/C19H17ClN6O3S/c20-15-8-13(4-3-12(15)9-21)23-18(28)11-30-19-25-24-17(6-5-16(22)27)26(19)10-14-2-1-7-29-14/h1-4,7-8H,5-6,10-11H2,(H2,22,27)(H,23,28). The molecule has 0 aliphatic heterocycles. The molecule has 0 unspecified atom stereocenters. The van der Waals surface area contributed by atoms with Gasteiger partial charge >= 0.3 is 0 Å². The molecule has 0 aliphatic carbocycles. The van der Waals surface area contributed by atoms with Crippen LogP contribution in [0.15, 0.2) is 46.2 Å². The molecule has 3 N–H and O–H groups in total. The predicted octanol–water partition coefficient (Wildman–Crippen LogP) is 2.59. The number of amides is 2. The molecule has 0 atom stereocenters. The van der Waals surface area contributed by atoms with Crippen LogP contribution >= 0.6 is 23.4 Å². The number of aromatic nitrogens is 3. The second kappa shape index (κ2) is 9.96. The van der Waals surface area contributed by atoms with E-state index in [-0.39, 0.29) is 23.1 Å². The van der Waals surface area contributed by atoms with Crippen LogP contribution < -0.4 is 11.1 Å². The summed E-state index contributed by atoms with van der Waals surface area (Å²) in [6, 6.07) is 10.2. The highest BCUT2D eigenvalue weighted by Gasteiger charge is 2.16. The number of hydrogen-bond acceptors (Lipinski definition) is 7. The lowest BCUT2D eigenvalue weighted by Crippen LogP contribution is -2.16. The zero-order valence-electron chi connectivity index (χ0n) is 15.7. The van der Waals surface area contributed by atoms with E-state index in [4.69, 9.17) is 27.0 Å². The van der Waals surface area contributed by atoms with Gasteiger partial charge in [-0.05, 0) is 30.3 Å². The molecule has 154 valence electrons. The van der Waals surface area contributed by atoms with Crippen molar-refractivity contribution in [2.45, 2.75) is 24.5 Å². The van der Waals surface area contributed by atoms with Crippen LogP contribution in [0.4, 0.5) is 5.69 Å². The highest BCUT2D eigenvalue weighted by molar-refractivity contribution is 7.99. The quantitative estimate of drug-likeness (QED) is 0.483. The Morgan fingerprint density at radius 2 is 2.17 bits per heavy atom. The van der Waals surface area contributed by atoms with Gasteiger partial charge in [-0.2, -0.15) is 5.26 Å². The lowest BCUT2D eigenvalue weighted by Gasteiger charge is -2.09. The van der Waals surface area contributed by atoms with Crippen molar-refractivity contribution in [1.82, 2.24) is 14.8 Å². The lowest BCUT2D eigenvalue weighted by molar-refractivity contribution is -0.118. The zero-order chi connectivity index (χ0) is 21.5. The molecule has 1 aromatic carbocycles. The Balaban J connectivity index is 1.67. The SMILES string of the molecule is N#Cc1ccc(NC(=O)CSc2nnc(CCC(N)=O)n2Cc2ccco2)cc1Cl. The van der Waals surface area contributed by atoms with Crippen molar-refractivity contribution in [2.75, 3.05) is 11.1 Å². The van der Waals surface area contributed by atoms with Crippen molar-refractivity contribution in [2.24, 2.45) is 5.73 Å². The fourth-order valence-corrected chi connectivity index (χ4v) is 3.55. The third-order valence-electron chi connectivity index (χ3n) is 3.99. The number of rotatable bonds is 9. The summed E-state index contributed by atoms with van der Waals surface area (Å²) < 4.78 is 7.18. The summed E-state index contributed by atoms with van der Waals surface area (Å²) in [6.07, 6.45) is 2.03. The molecular weight excluding hydrogens is 428 g/mol. The van der Waals surface area contributed by atoms with E-state index < -0.39 is 5.91 Å². The highest BCUT2D eigenvalue weighted by Crippen LogP contribution is 2.22. The van der Waals surface area contributed by atoms with Gasteiger partial charge in [0.2, 0.25) is 11.8 Å². The number of carbonyl (C=O) groups excluding carboxylic acids is 2. The average Bonchev–Trinajstić information content (AvgIpc) is 3.35. The maximum Gasteiger partial charge on any atom is 0.234 e. The van der Waals surface area contributed by atoms with Gasteiger partial charge in [-0.15, -0.1) is 10.2 Å². The Hall–Kier alpha value is -3.29.